The van der Waals surface area contributed by atoms with Gasteiger partial charge in [0.05, 0.1) is 5.56 Å². The molecule has 0 N–H and O–H groups in total. The molecule has 1 aromatic rings. The first-order valence-electron chi connectivity index (χ1n) is 3.24. The van der Waals surface area contributed by atoms with E-state index < -0.39 is 5.97 Å². The zero-order chi connectivity index (χ0) is 9.14. The van der Waals surface area contributed by atoms with Gasteiger partial charge in [0.2, 0.25) is 0 Å². The van der Waals surface area contributed by atoms with Crippen molar-refractivity contribution in [2.45, 2.75) is 6.92 Å². The van der Waals surface area contributed by atoms with E-state index in [0.717, 1.165) is 0 Å². The Balaban J connectivity index is 3.09. The van der Waals surface area contributed by atoms with E-state index in [1.165, 1.54) is 18.2 Å². The number of aryl methyl sites for hydroxylation is 1. The maximum atomic E-state index is 12.6. The molecule has 1 aromatic carbocycles. The molecule has 0 bridgehead atoms. The average molecular weight is 233 g/mol. The summed E-state index contributed by atoms with van der Waals surface area (Å²) in [6.45, 7) is 1.64. The Bertz CT molecular complexity index is 312. The van der Waals surface area contributed by atoms with Crippen LogP contribution in [0, 0.1) is 12.7 Å². The molecule has 0 saturated heterocycles. The molecule has 64 valence electrons. The fourth-order valence-electron chi connectivity index (χ4n) is 0.898. The van der Waals surface area contributed by atoms with Crippen LogP contribution in [0.1, 0.15) is 15.9 Å². The summed E-state index contributed by atoms with van der Waals surface area (Å²) in [4.78, 5) is 11.0. The van der Waals surface area contributed by atoms with Crippen molar-refractivity contribution in [3.8, 4) is 0 Å². The monoisotopic (exact) mass is 232 g/mol. The highest BCUT2D eigenvalue weighted by Crippen LogP contribution is 2.12. The second kappa shape index (κ2) is 3.67. The highest BCUT2D eigenvalue weighted by molar-refractivity contribution is 9.06. The lowest BCUT2D eigenvalue weighted by atomic mass is 10.1. The number of carbonyl (C=O) groups is 1. The summed E-state index contributed by atoms with van der Waals surface area (Å²) in [6.07, 6.45) is 0. The first-order valence-corrected chi connectivity index (χ1v) is 3.89. The molecule has 0 aliphatic heterocycles. The van der Waals surface area contributed by atoms with Gasteiger partial charge in [0.15, 0.2) is 16.3 Å². The molecule has 12 heavy (non-hydrogen) atoms. The molecule has 4 heteroatoms. The summed E-state index contributed by atoms with van der Waals surface area (Å²) < 4.78 is 16.9. The number of hydrogen-bond donors (Lipinski definition) is 0. The second-order valence-corrected chi connectivity index (χ2v) is 2.65. The highest BCUT2D eigenvalue weighted by Gasteiger charge is 2.09. The van der Waals surface area contributed by atoms with Crippen molar-refractivity contribution in [2.24, 2.45) is 0 Å². The van der Waals surface area contributed by atoms with E-state index in [0.29, 0.717) is 11.1 Å². The van der Waals surface area contributed by atoms with Gasteiger partial charge in [0.25, 0.3) is 0 Å². The number of halogens is 2. The molecule has 1 rings (SSSR count). The van der Waals surface area contributed by atoms with Crippen LogP contribution in [-0.2, 0) is 3.83 Å². The van der Waals surface area contributed by atoms with Gasteiger partial charge in [-0.25, -0.2) is 9.18 Å². The zero-order valence-electron chi connectivity index (χ0n) is 6.30. The van der Waals surface area contributed by atoms with Gasteiger partial charge >= 0.3 is 5.97 Å². The van der Waals surface area contributed by atoms with Crippen LogP contribution in [0.4, 0.5) is 4.39 Å². The smallest absolute Gasteiger partial charge is 0.349 e. The largest absolute Gasteiger partial charge is 0.380 e. The lowest BCUT2D eigenvalue weighted by Gasteiger charge is -2.00. The van der Waals surface area contributed by atoms with Gasteiger partial charge in [-0.15, -0.1) is 0 Å². The van der Waals surface area contributed by atoms with Gasteiger partial charge in [-0.2, -0.15) is 0 Å². The van der Waals surface area contributed by atoms with Crippen LogP contribution < -0.4 is 0 Å². The SMILES string of the molecule is Cc1cc(F)ccc1C(=O)OBr. The first-order chi connectivity index (χ1) is 5.65. The van der Waals surface area contributed by atoms with Crippen molar-refractivity contribution in [1.29, 1.82) is 0 Å². The molecule has 0 aromatic heterocycles. The average Bonchev–Trinajstić information content (AvgIpc) is 2.03. The van der Waals surface area contributed by atoms with Crippen LogP contribution in [0.25, 0.3) is 0 Å². The predicted molar refractivity (Wildman–Crippen MR) is 45.5 cm³/mol. The van der Waals surface area contributed by atoms with E-state index in [9.17, 15) is 9.18 Å². The summed E-state index contributed by atoms with van der Waals surface area (Å²) in [6, 6.07) is 3.87. The van der Waals surface area contributed by atoms with Crippen molar-refractivity contribution >= 4 is 22.2 Å². The first kappa shape index (κ1) is 9.19. The van der Waals surface area contributed by atoms with Crippen LogP contribution in [0.2, 0.25) is 0 Å². The fourth-order valence-corrected chi connectivity index (χ4v) is 1.07. The van der Waals surface area contributed by atoms with Crippen molar-refractivity contribution in [3.05, 3.63) is 35.1 Å². The summed E-state index contributed by atoms with van der Waals surface area (Å²) in [5, 5.41) is 0. The predicted octanol–water partition coefficient (Wildman–Crippen LogP) is 2.60. The maximum Gasteiger partial charge on any atom is 0.349 e. The Morgan fingerprint density at radius 3 is 2.75 bits per heavy atom. The van der Waals surface area contributed by atoms with E-state index >= 15 is 0 Å². The molecule has 0 saturated carbocycles. The molecular weight excluding hydrogens is 227 g/mol. The van der Waals surface area contributed by atoms with Gasteiger partial charge in [-0.05, 0) is 30.7 Å². The molecular formula is C8H6BrFO2. The standard InChI is InChI=1S/C8H6BrFO2/c1-5-4-6(10)2-3-7(5)8(11)12-9/h2-4H,1H3. The Kier molecular flexibility index (Phi) is 2.81. The van der Waals surface area contributed by atoms with Crippen molar-refractivity contribution in [2.75, 3.05) is 0 Å². The zero-order valence-corrected chi connectivity index (χ0v) is 7.89. The van der Waals surface area contributed by atoms with Crippen LogP contribution in [0.15, 0.2) is 18.2 Å². The van der Waals surface area contributed by atoms with Crippen molar-refractivity contribution in [3.63, 3.8) is 0 Å². The van der Waals surface area contributed by atoms with Crippen LogP contribution >= 0.6 is 16.3 Å². The van der Waals surface area contributed by atoms with Crippen molar-refractivity contribution < 1.29 is 13.0 Å². The second-order valence-electron chi connectivity index (χ2n) is 2.32. The fraction of sp³-hybridized carbons (Fsp3) is 0.125. The molecule has 0 radical (unpaired) electrons. The Hall–Kier alpha value is -0.900. The number of benzene rings is 1. The molecule has 0 aliphatic rings. The summed E-state index contributed by atoms with van der Waals surface area (Å²) in [5.41, 5.74) is 0.910. The topological polar surface area (TPSA) is 26.3 Å². The summed E-state index contributed by atoms with van der Waals surface area (Å²) in [7, 11) is 0. The Labute approximate surface area is 77.8 Å². The molecule has 0 atom stereocenters. The van der Waals surface area contributed by atoms with E-state index in [4.69, 9.17) is 0 Å². The molecule has 2 nitrogen and oxygen atoms in total. The third-order valence-electron chi connectivity index (χ3n) is 1.48. The van der Waals surface area contributed by atoms with Gasteiger partial charge in [-0.1, -0.05) is 0 Å². The minimum atomic E-state index is -0.521. The van der Waals surface area contributed by atoms with E-state index in [1.807, 2.05) is 0 Å². The maximum absolute atomic E-state index is 12.6. The number of rotatable bonds is 1. The minimum absolute atomic E-state index is 0.355. The van der Waals surface area contributed by atoms with Crippen LogP contribution in [0.3, 0.4) is 0 Å². The van der Waals surface area contributed by atoms with Gasteiger partial charge in [-0.3, -0.25) is 0 Å². The van der Waals surface area contributed by atoms with Crippen molar-refractivity contribution in [1.82, 2.24) is 0 Å². The third kappa shape index (κ3) is 1.82. The number of hydrogen-bond acceptors (Lipinski definition) is 2. The van der Waals surface area contributed by atoms with E-state index in [2.05, 4.69) is 20.1 Å². The quantitative estimate of drug-likeness (QED) is 0.745. The van der Waals surface area contributed by atoms with E-state index in [-0.39, 0.29) is 5.82 Å². The molecule has 0 fully saturated rings. The molecule has 0 amide bonds. The van der Waals surface area contributed by atoms with Gasteiger partial charge in [0, 0.05) is 0 Å². The van der Waals surface area contributed by atoms with E-state index in [1.54, 1.807) is 6.92 Å². The molecule has 0 aliphatic carbocycles. The van der Waals surface area contributed by atoms with Crippen LogP contribution in [0.5, 0.6) is 0 Å². The molecule has 0 unspecified atom stereocenters. The van der Waals surface area contributed by atoms with Crippen LogP contribution in [-0.4, -0.2) is 5.97 Å². The van der Waals surface area contributed by atoms with Gasteiger partial charge in [0.1, 0.15) is 5.82 Å². The lowest BCUT2D eigenvalue weighted by molar-refractivity contribution is 0.0781. The Morgan fingerprint density at radius 1 is 1.58 bits per heavy atom. The number of carbonyl (C=O) groups excluding carboxylic acids is 1. The van der Waals surface area contributed by atoms with Gasteiger partial charge < -0.3 is 3.83 Å². The lowest BCUT2D eigenvalue weighted by Crippen LogP contribution is -2.00. The third-order valence-corrected chi connectivity index (χ3v) is 1.77. The summed E-state index contributed by atoms with van der Waals surface area (Å²) >= 11 is 2.56. The molecule has 0 spiro atoms. The normalized spacial score (nSPS) is 9.58. The minimum Gasteiger partial charge on any atom is -0.380 e. The summed E-state index contributed by atoms with van der Waals surface area (Å²) in [5.74, 6) is -0.883. The molecule has 0 heterocycles. The highest BCUT2D eigenvalue weighted by atomic mass is 79.9. The Morgan fingerprint density at radius 2 is 2.25 bits per heavy atom.